The van der Waals surface area contributed by atoms with Crippen LogP contribution in [0.1, 0.15) is 19.8 Å². The molecule has 1 amide bonds. The van der Waals surface area contributed by atoms with Crippen molar-refractivity contribution >= 4 is 5.91 Å². The Morgan fingerprint density at radius 3 is 2.80 bits per heavy atom. The summed E-state index contributed by atoms with van der Waals surface area (Å²) in [6.45, 7) is 5.04. The number of hydrogen-bond donors (Lipinski definition) is 1. The van der Waals surface area contributed by atoms with E-state index in [0.717, 1.165) is 32.5 Å². The average molecular weight is 212 g/mol. The number of nitrogens with two attached hydrogens (primary N) is 1. The van der Waals surface area contributed by atoms with Gasteiger partial charge in [-0.05, 0) is 18.8 Å². The predicted molar refractivity (Wildman–Crippen MR) is 57.3 cm³/mol. The lowest BCUT2D eigenvalue weighted by Gasteiger charge is -2.26. The summed E-state index contributed by atoms with van der Waals surface area (Å²) in [5.74, 6) is 0.754. The van der Waals surface area contributed by atoms with E-state index in [1.54, 1.807) is 0 Å². The molecule has 3 atom stereocenters. The van der Waals surface area contributed by atoms with Crippen molar-refractivity contribution in [1.29, 1.82) is 0 Å². The SMILES string of the molecule is CC1CN(C(=O)C2CCCOC2)CC1N. The summed E-state index contributed by atoms with van der Waals surface area (Å²) in [5.41, 5.74) is 5.91. The van der Waals surface area contributed by atoms with Gasteiger partial charge in [0.2, 0.25) is 5.91 Å². The van der Waals surface area contributed by atoms with Crippen molar-refractivity contribution in [2.24, 2.45) is 17.6 Å². The summed E-state index contributed by atoms with van der Waals surface area (Å²) in [6, 6.07) is 0.151. The molecule has 2 fully saturated rings. The highest BCUT2D eigenvalue weighted by molar-refractivity contribution is 5.79. The second kappa shape index (κ2) is 4.49. The van der Waals surface area contributed by atoms with Gasteiger partial charge < -0.3 is 15.4 Å². The zero-order chi connectivity index (χ0) is 10.8. The van der Waals surface area contributed by atoms with Crippen LogP contribution in [0.2, 0.25) is 0 Å². The minimum absolute atomic E-state index is 0.0799. The van der Waals surface area contributed by atoms with E-state index >= 15 is 0 Å². The Morgan fingerprint density at radius 2 is 2.27 bits per heavy atom. The maximum Gasteiger partial charge on any atom is 0.228 e. The van der Waals surface area contributed by atoms with Crippen molar-refractivity contribution in [2.75, 3.05) is 26.3 Å². The van der Waals surface area contributed by atoms with Gasteiger partial charge in [0, 0.05) is 25.7 Å². The molecule has 2 N–H and O–H groups in total. The maximum absolute atomic E-state index is 12.1. The zero-order valence-corrected chi connectivity index (χ0v) is 9.32. The Bertz CT molecular complexity index is 229. The van der Waals surface area contributed by atoms with E-state index in [4.69, 9.17) is 10.5 Å². The summed E-state index contributed by atoms with van der Waals surface area (Å²) in [5, 5.41) is 0. The largest absolute Gasteiger partial charge is 0.381 e. The molecule has 2 heterocycles. The highest BCUT2D eigenvalue weighted by Crippen LogP contribution is 2.21. The molecule has 0 aromatic rings. The van der Waals surface area contributed by atoms with Crippen molar-refractivity contribution in [3.63, 3.8) is 0 Å². The molecule has 0 bridgehead atoms. The summed E-state index contributed by atoms with van der Waals surface area (Å²) in [6.07, 6.45) is 1.98. The van der Waals surface area contributed by atoms with E-state index in [1.165, 1.54) is 0 Å². The molecule has 0 aromatic carbocycles. The Balaban J connectivity index is 1.90. The molecule has 2 rings (SSSR count). The smallest absolute Gasteiger partial charge is 0.228 e. The van der Waals surface area contributed by atoms with Gasteiger partial charge in [0.1, 0.15) is 0 Å². The molecular formula is C11H20N2O2. The molecule has 0 aliphatic carbocycles. The minimum Gasteiger partial charge on any atom is -0.381 e. The summed E-state index contributed by atoms with van der Waals surface area (Å²) >= 11 is 0. The maximum atomic E-state index is 12.1. The second-order valence-corrected chi connectivity index (χ2v) is 4.80. The molecule has 4 nitrogen and oxygen atoms in total. The molecule has 0 radical (unpaired) electrons. The van der Waals surface area contributed by atoms with Crippen molar-refractivity contribution in [3.05, 3.63) is 0 Å². The van der Waals surface area contributed by atoms with E-state index in [1.807, 2.05) is 4.90 Å². The van der Waals surface area contributed by atoms with Crippen LogP contribution in [-0.4, -0.2) is 43.2 Å². The fourth-order valence-corrected chi connectivity index (χ4v) is 2.37. The lowest BCUT2D eigenvalue weighted by atomic mass is 10.0. The van der Waals surface area contributed by atoms with E-state index in [-0.39, 0.29) is 17.9 Å². The molecule has 0 aromatic heterocycles. The van der Waals surface area contributed by atoms with Crippen LogP contribution in [0.5, 0.6) is 0 Å². The first-order chi connectivity index (χ1) is 7.18. The lowest BCUT2D eigenvalue weighted by molar-refractivity contribution is -0.138. The summed E-state index contributed by atoms with van der Waals surface area (Å²) in [7, 11) is 0. The number of rotatable bonds is 1. The molecular weight excluding hydrogens is 192 g/mol. The first kappa shape index (κ1) is 10.9. The quantitative estimate of drug-likeness (QED) is 0.676. The van der Waals surface area contributed by atoms with E-state index in [9.17, 15) is 4.79 Å². The highest BCUT2D eigenvalue weighted by Gasteiger charge is 2.33. The average Bonchev–Trinajstić information content (AvgIpc) is 2.59. The molecule has 15 heavy (non-hydrogen) atoms. The predicted octanol–water partition coefficient (Wildman–Crippen LogP) is 0.219. The normalized spacial score (nSPS) is 36.9. The molecule has 2 aliphatic heterocycles. The zero-order valence-electron chi connectivity index (χ0n) is 9.32. The van der Waals surface area contributed by atoms with Crippen molar-refractivity contribution in [2.45, 2.75) is 25.8 Å². The van der Waals surface area contributed by atoms with Crippen molar-refractivity contribution < 1.29 is 9.53 Å². The second-order valence-electron chi connectivity index (χ2n) is 4.80. The Hall–Kier alpha value is -0.610. The van der Waals surface area contributed by atoms with E-state index in [0.29, 0.717) is 12.5 Å². The summed E-state index contributed by atoms with van der Waals surface area (Å²) < 4.78 is 5.34. The fourth-order valence-electron chi connectivity index (χ4n) is 2.37. The third-order valence-corrected chi connectivity index (χ3v) is 3.49. The fraction of sp³-hybridized carbons (Fsp3) is 0.909. The molecule has 3 unspecified atom stereocenters. The Kier molecular flexibility index (Phi) is 3.26. The molecule has 0 spiro atoms. The van der Waals surface area contributed by atoms with Gasteiger partial charge >= 0.3 is 0 Å². The van der Waals surface area contributed by atoms with Crippen LogP contribution >= 0.6 is 0 Å². The molecule has 4 heteroatoms. The molecule has 86 valence electrons. The Labute approximate surface area is 90.8 Å². The first-order valence-corrected chi connectivity index (χ1v) is 5.80. The van der Waals surface area contributed by atoms with Gasteiger partial charge in [-0.3, -0.25) is 4.79 Å². The third-order valence-electron chi connectivity index (χ3n) is 3.49. The van der Waals surface area contributed by atoms with Crippen LogP contribution < -0.4 is 5.73 Å². The van der Waals surface area contributed by atoms with Crippen molar-refractivity contribution in [1.82, 2.24) is 4.90 Å². The monoisotopic (exact) mass is 212 g/mol. The number of carbonyl (C=O) groups is 1. The van der Waals surface area contributed by atoms with Crippen LogP contribution in [0.3, 0.4) is 0 Å². The topological polar surface area (TPSA) is 55.6 Å². The van der Waals surface area contributed by atoms with Gasteiger partial charge in [-0.25, -0.2) is 0 Å². The lowest BCUT2D eigenvalue weighted by Crippen LogP contribution is -2.39. The van der Waals surface area contributed by atoms with Crippen LogP contribution in [0.25, 0.3) is 0 Å². The van der Waals surface area contributed by atoms with Crippen LogP contribution in [0, 0.1) is 11.8 Å². The van der Waals surface area contributed by atoms with E-state index in [2.05, 4.69) is 6.92 Å². The number of likely N-dealkylation sites (tertiary alicyclic amines) is 1. The Morgan fingerprint density at radius 1 is 1.47 bits per heavy atom. The van der Waals surface area contributed by atoms with Crippen LogP contribution in [-0.2, 0) is 9.53 Å². The molecule has 2 aliphatic rings. The number of amides is 1. The standard InChI is InChI=1S/C11H20N2O2/c1-8-5-13(6-10(8)12)11(14)9-3-2-4-15-7-9/h8-10H,2-7,12H2,1H3. The molecule has 0 saturated carbocycles. The van der Waals surface area contributed by atoms with Gasteiger partial charge in [0.05, 0.1) is 12.5 Å². The van der Waals surface area contributed by atoms with Crippen molar-refractivity contribution in [3.8, 4) is 0 Å². The first-order valence-electron chi connectivity index (χ1n) is 5.80. The van der Waals surface area contributed by atoms with Crippen LogP contribution in [0.15, 0.2) is 0 Å². The number of carbonyl (C=O) groups excluding carboxylic acids is 1. The third kappa shape index (κ3) is 2.32. The van der Waals surface area contributed by atoms with Gasteiger partial charge in [-0.15, -0.1) is 0 Å². The van der Waals surface area contributed by atoms with Gasteiger partial charge in [0.25, 0.3) is 0 Å². The molecule has 2 saturated heterocycles. The van der Waals surface area contributed by atoms with E-state index < -0.39 is 0 Å². The number of hydrogen-bond acceptors (Lipinski definition) is 3. The van der Waals surface area contributed by atoms with Gasteiger partial charge in [0.15, 0.2) is 0 Å². The van der Waals surface area contributed by atoms with Crippen LogP contribution in [0.4, 0.5) is 0 Å². The number of nitrogens with zero attached hydrogens (tertiary/aromatic N) is 1. The highest BCUT2D eigenvalue weighted by atomic mass is 16.5. The van der Waals surface area contributed by atoms with Gasteiger partial charge in [-0.2, -0.15) is 0 Å². The summed E-state index contributed by atoms with van der Waals surface area (Å²) in [4.78, 5) is 14.0. The minimum atomic E-state index is 0.0799. The number of ether oxygens (including phenoxy) is 1. The van der Waals surface area contributed by atoms with Gasteiger partial charge in [-0.1, -0.05) is 6.92 Å².